The minimum atomic E-state index is -0.837. The van der Waals surface area contributed by atoms with E-state index in [-0.39, 0.29) is 24.9 Å². The number of benzene rings is 1. The van der Waals surface area contributed by atoms with Crippen LogP contribution in [-0.2, 0) is 4.79 Å². The number of carboxylic acid groups (broad SMARTS) is 1. The number of ether oxygens (including phenoxy) is 1. The number of hydrogen-bond acceptors (Lipinski definition) is 3. The van der Waals surface area contributed by atoms with Crippen LogP contribution >= 0.6 is 12.4 Å². The fourth-order valence-corrected chi connectivity index (χ4v) is 1.47. The van der Waals surface area contributed by atoms with Crippen LogP contribution in [0.4, 0.5) is 5.69 Å². The molecule has 1 aliphatic heterocycles. The van der Waals surface area contributed by atoms with E-state index < -0.39 is 5.97 Å². The molecule has 0 amide bonds. The normalized spacial score (nSPS) is 17.7. The molecule has 82 valence electrons. The van der Waals surface area contributed by atoms with Gasteiger partial charge < -0.3 is 15.2 Å². The molecule has 0 aliphatic carbocycles. The van der Waals surface area contributed by atoms with Crippen molar-refractivity contribution < 1.29 is 14.6 Å². The monoisotopic (exact) mass is 229 g/mol. The van der Waals surface area contributed by atoms with Crippen LogP contribution in [0.25, 0.3) is 0 Å². The average Bonchev–Trinajstić information content (AvgIpc) is 2.17. The first-order chi connectivity index (χ1) is 6.75. The summed E-state index contributed by atoms with van der Waals surface area (Å²) in [5.41, 5.74) is 0.925. The molecular weight excluding hydrogens is 218 g/mol. The lowest BCUT2D eigenvalue weighted by Gasteiger charge is -2.26. The second kappa shape index (κ2) is 4.89. The van der Waals surface area contributed by atoms with Crippen LogP contribution in [0.15, 0.2) is 24.3 Å². The molecule has 2 rings (SSSR count). The van der Waals surface area contributed by atoms with Gasteiger partial charge in [-0.2, -0.15) is 0 Å². The van der Waals surface area contributed by atoms with Crippen LogP contribution in [0, 0.1) is 0 Å². The van der Waals surface area contributed by atoms with Crippen molar-refractivity contribution in [3.63, 3.8) is 0 Å². The zero-order chi connectivity index (χ0) is 9.97. The van der Waals surface area contributed by atoms with E-state index in [9.17, 15) is 4.79 Å². The van der Waals surface area contributed by atoms with Gasteiger partial charge in [-0.15, -0.1) is 12.4 Å². The van der Waals surface area contributed by atoms with Crippen molar-refractivity contribution in [2.75, 3.05) is 11.9 Å². The van der Waals surface area contributed by atoms with Gasteiger partial charge in [-0.1, -0.05) is 12.1 Å². The number of hydrogen-bond donors (Lipinski definition) is 2. The first-order valence-corrected chi connectivity index (χ1v) is 4.47. The fraction of sp³-hybridized carbons (Fsp3) is 0.300. The number of anilines is 1. The lowest BCUT2D eigenvalue weighted by molar-refractivity contribution is -0.138. The number of aliphatic carboxylic acids is 1. The highest BCUT2D eigenvalue weighted by Gasteiger charge is 2.20. The Labute approximate surface area is 93.7 Å². The molecule has 0 saturated heterocycles. The van der Waals surface area contributed by atoms with Gasteiger partial charge in [0.2, 0.25) is 0 Å². The van der Waals surface area contributed by atoms with Crippen molar-refractivity contribution in [3.8, 4) is 5.75 Å². The van der Waals surface area contributed by atoms with Gasteiger partial charge in [0.15, 0.2) is 0 Å². The number of nitrogens with one attached hydrogen (secondary N) is 1. The van der Waals surface area contributed by atoms with E-state index in [0.717, 1.165) is 11.4 Å². The summed E-state index contributed by atoms with van der Waals surface area (Å²) in [5.74, 6) is -0.110. The number of rotatable bonds is 2. The molecule has 0 bridgehead atoms. The molecule has 1 heterocycles. The third-order valence-corrected chi connectivity index (χ3v) is 2.10. The molecule has 4 nitrogen and oxygen atoms in total. The zero-order valence-electron chi connectivity index (χ0n) is 7.97. The molecule has 15 heavy (non-hydrogen) atoms. The number of para-hydroxylation sites is 2. The molecule has 0 spiro atoms. The topological polar surface area (TPSA) is 58.6 Å². The van der Waals surface area contributed by atoms with E-state index in [1.165, 1.54) is 0 Å². The van der Waals surface area contributed by atoms with Gasteiger partial charge in [0.25, 0.3) is 0 Å². The summed E-state index contributed by atoms with van der Waals surface area (Å²) in [5, 5.41) is 11.7. The summed E-state index contributed by atoms with van der Waals surface area (Å²) in [4.78, 5) is 10.5. The SMILES string of the molecule is Cl.O=C(O)CC1CNc2ccccc2O1. The van der Waals surface area contributed by atoms with Gasteiger partial charge >= 0.3 is 5.97 Å². The molecule has 1 aromatic rings. The van der Waals surface area contributed by atoms with Crippen molar-refractivity contribution in [1.82, 2.24) is 0 Å². The van der Waals surface area contributed by atoms with E-state index in [0.29, 0.717) is 6.54 Å². The molecule has 1 atom stereocenters. The maximum Gasteiger partial charge on any atom is 0.307 e. The van der Waals surface area contributed by atoms with Crippen LogP contribution in [-0.4, -0.2) is 23.7 Å². The van der Waals surface area contributed by atoms with Gasteiger partial charge in [-0.25, -0.2) is 0 Å². The molecule has 0 saturated carbocycles. The number of carboxylic acids is 1. The standard InChI is InChI=1S/C10H11NO3.ClH/c12-10(13)5-7-6-11-8-3-1-2-4-9(8)14-7;/h1-4,7,11H,5-6H2,(H,12,13);1H. The average molecular weight is 230 g/mol. The molecule has 1 aromatic carbocycles. The number of carbonyl (C=O) groups is 1. The Balaban J connectivity index is 0.00000112. The second-order valence-electron chi connectivity index (χ2n) is 3.21. The highest BCUT2D eigenvalue weighted by Crippen LogP contribution is 2.28. The van der Waals surface area contributed by atoms with Crippen molar-refractivity contribution in [2.45, 2.75) is 12.5 Å². The Morgan fingerprint density at radius 1 is 1.53 bits per heavy atom. The third-order valence-electron chi connectivity index (χ3n) is 2.10. The maximum atomic E-state index is 10.5. The van der Waals surface area contributed by atoms with E-state index in [4.69, 9.17) is 9.84 Å². The highest BCUT2D eigenvalue weighted by molar-refractivity contribution is 5.85. The highest BCUT2D eigenvalue weighted by atomic mass is 35.5. The lowest BCUT2D eigenvalue weighted by Crippen LogP contribution is -2.32. The van der Waals surface area contributed by atoms with Crippen LogP contribution < -0.4 is 10.1 Å². The van der Waals surface area contributed by atoms with Crippen molar-refractivity contribution in [3.05, 3.63) is 24.3 Å². The summed E-state index contributed by atoms with van der Waals surface area (Å²) in [6.45, 7) is 0.545. The molecule has 1 unspecified atom stereocenters. The number of halogens is 1. The van der Waals surface area contributed by atoms with Crippen molar-refractivity contribution in [2.24, 2.45) is 0 Å². The lowest BCUT2D eigenvalue weighted by atomic mass is 10.2. The summed E-state index contributed by atoms with van der Waals surface area (Å²) in [6.07, 6.45) is -0.246. The van der Waals surface area contributed by atoms with Gasteiger partial charge in [-0.05, 0) is 12.1 Å². The first kappa shape index (κ1) is 11.7. The Hall–Kier alpha value is -1.42. The fourth-order valence-electron chi connectivity index (χ4n) is 1.47. The minimum Gasteiger partial charge on any atom is -0.486 e. The molecule has 2 N–H and O–H groups in total. The van der Waals surface area contributed by atoms with E-state index >= 15 is 0 Å². The molecule has 0 radical (unpaired) electrons. The van der Waals surface area contributed by atoms with E-state index in [2.05, 4.69) is 5.32 Å². The largest absolute Gasteiger partial charge is 0.486 e. The van der Waals surface area contributed by atoms with E-state index in [1.807, 2.05) is 24.3 Å². The quantitative estimate of drug-likeness (QED) is 0.811. The second-order valence-corrected chi connectivity index (χ2v) is 3.21. The summed E-state index contributed by atoms with van der Waals surface area (Å²) < 4.78 is 5.50. The summed E-state index contributed by atoms with van der Waals surface area (Å²) in [7, 11) is 0. The predicted octanol–water partition coefficient (Wildman–Crippen LogP) is 1.76. The molecule has 0 aromatic heterocycles. The van der Waals surface area contributed by atoms with Gasteiger partial charge in [0, 0.05) is 0 Å². The Morgan fingerprint density at radius 2 is 2.27 bits per heavy atom. The van der Waals surface area contributed by atoms with E-state index in [1.54, 1.807) is 0 Å². The molecule has 0 fully saturated rings. The first-order valence-electron chi connectivity index (χ1n) is 4.47. The van der Waals surface area contributed by atoms with Crippen molar-refractivity contribution in [1.29, 1.82) is 0 Å². The van der Waals surface area contributed by atoms with Crippen LogP contribution in [0.3, 0.4) is 0 Å². The van der Waals surface area contributed by atoms with Crippen molar-refractivity contribution >= 4 is 24.1 Å². The number of fused-ring (bicyclic) bond motifs is 1. The van der Waals surface area contributed by atoms with Gasteiger partial charge in [-0.3, -0.25) is 4.79 Å². The third kappa shape index (κ3) is 2.76. The Bertz CT molecular complexity index is 356. The summed E-state index contributed by atoms with van der Waals surface area (Å²) >= 11 is 0. The van der Waals surface area contributed by atoms with Gasteiger partial charge in [0.05, 0.1) is 18.7 Å². The van der Waals surface area contributed by atoms with Gasteiger partial charge in [0.1, 0.15) is 11.9 Å². The summed E-state index contributed by atoms with van der Waals surface area (Å²) in [6, 6.07) is 7.51. The Kier molecular flexibility index (Phi) is 3.80. The van der Waals surface area contributed by atoms with Crippen LogP contribution in [0.1, 0.15) is 6.42 Å². The zero-order valence-corrected chi connectivity index (χ0v) is 8.79. The molecular formula is C10H12ClNO3. The van der Waals surface area contributed by atoms with Crippen LogP contribution in [0.2, 0.25) is 0 Å². The van der Waals surface area contributed by atoms with Crippen LogP contribution in [0.5, 0.6) is 5.75 Å². The minimum absolute atomic E-state index is 0. The smallest absolute Gasteiger partial charge is 0.307 e. The molecule has 5 heteroatoms. The Morgan fingerprint density at radius 3 is 3.00 bits per heavy atom. The predicted molar refractivity (Wildman–Crippen MR) is 58.8 cm³/mol. The maximum absolute atomic E-state index is 10.5. The molecule has 1 aliphatic rings.